The topological polar surface area (TPSA) is 26.0 Å². The largest absolute Gasteiger partial charge is 0.330 e. The van der Waals surface area contributed by atoms with Crippen molar-refractivity contribution in [2.24, 2.45) is 5.73 Å². The van der Waals surface area contributed by atoms with E-state index in [1.807, 2.05) is 30.3 Å². The fourth-order valence-electron chi connectivity index (χ4n) is 1.97. The zero-order chi connectivity index (χ0) is 14.0. The molecule has 115 valence electrons. The van der Waals surface area contributed by atoms with E-state index in [1.54, 1.807) is 0 Å². The van der Waals surface area contributed by atoms with Gasteiger partial charge in [-0.3, -0.25) is 0 Å². The SMILES string of the molecule is CCCCCCCCCCCCN.[V].[c-]1ccccc1. The summed E-state index contributed by atoms with van der Waals surface area (Å²) in [4.78, 5) is 0. The summed E-state index contributed by atoms with van der Waals surface area (Å²) >= 11 is 0. The molecule has 1 nitrogen and oxygen atoms in total. The van der Waals surface area contributed by atoms with Gasteiger partial charge in [-0.05, 0) is 13.0 Å². The van der Waals surface area contributed by atoms with Crippen molar-refractivity contribution in [3.63, 3.8) is 0 Å². The van der Waals surface area contributed by atoms with Crippen molar-refractivity contribution in [2.45, 2.75) is 71.1 Å². The van der Waals surface area contributed by atoms with Gasteiger partial charge in [-0.15, -0.1) is 0 Å². The van der Waals surface area contributed by atoms with Gasteiger partial charge in [0.2, 0.25) is 0 Å². The third-order valence-electron chi connectivity index (χ3n) is 3.16. The number of benzene rings is 1. The quantitative estimate of drug-likeness (QED) is 0.457. The van der Waals surface area contributed by atoms with E-state index < -0.39 is 0 Å². The Kier molecular flexibility index (Phi) is 23.2. The zero-order valence-corrected chi connectivity index (χ0v) is 14.6. The van der Waals surface area contributed by atoms with Crippen LogP contribution in [-0.4, -0.2) is 6.54 Å². The first-order chi connectivity index (χ1) is 9.41. The van der Waals surface area contributed by atoms with Crippen LogP contribution in [0.2, 0.25) is 0 Å². The molecule has 0 heterocycles. The molecule has 0 aromatic heterocycles. The van der Waals surface area contributed by atoms with Crippen LogP contribution >= 0.6 is 0 Å². The minimum absolute atomic E-state index is 0. The van der Waals surface area contributed by atoms with Crippen LogP contribution in [0.1, 0.15) is 71.1 Å². The van der Waals surface area contributed by atoms with Crippen molar-refractivity contribution in [2.75, 3.05) is 6.54 Å². The molecular formula is C18H32NV-. The van der Waals surface area contributed by atoms with Crippen molar-refractivity contribution in [3.8, 4) is 0 Å². The Morgan fingerprint density at radius 2 is 1.15 bits per heavy atom. The molecule has 1 aromatic carbocycles. The first kappa shape index (κ1) is 22.1. The van der Waals surface area contributed by atoms with Gasteiger partial charge < -0.3 is 5.73 Å². The Bertz CT molecular complexity index is 202. The number of hydrogen-bond donors (Lipinski definition) is 1. The molecule has 0 aliphatic carbocycles. The molecule has 0 aliphatic rings. The Balaban J connectivity index is 0. The van der Waals surface area contributed by atoms with Crippen LogP contribution in [0.15, 0.2) is 30.3 Å². The molecule has 1 aromatic rings. The Labute approximate surface area is 138 Å². The molecule has 0 bridgehead atoms. The van der Waals surface area contributed by atoms with Crippen molar-refractivity contribution >= 4 is 0 Å². The van der Waals surface area contributed by atoms with E-state index in [-0.39, 0.29) is 18.6 Å². The van der Waals surface area contributed by atoms with Crippen molar-refractivity contribution in [1.82, 2.24) is 0 Å². The van der Waals surface area contributed by atoms with Gasteiger partial charge in [0.1, 0.15) is 0 Å². The smallest absolute Gasteiger partial charge is 0 e. The van der Waals surface area contributed by atoms with Gasteiger partial charge in [0.05, 0.1) is 0 Å². The summed E-state index contributed by atoms with van der Waals surface area (Å²) < 4.78 is 0. The van der Waals surface area contributed by atoms with E-state index in [4.69, 9.17) is 5.73 Å². The summed E-state index contributed by atoms with van der Waals surface area (Å²) in [6.45, 7) is 3.14. The van der Waals surface area contributed by atoms with Crippen LogP contribution < -0.4 is 5.73 Å². The Hall–Kier alpha value is -0.236. The van der Waals surface area contributed by atoms with Gasteiger partial charge in [0, 0.05) is 18.6 Å². The molecule has 0 aliphatic heterocycles. The van der Waals surface area contributed by atoms with Gasteiger partial charge in [0.15, 0.2) is 0 Å². The molecule has 0 amide bonds. The monoisotopic (exact) mass is 313 g/mol. The van der Waals surface area contributed by atoms with Crippen LogP contribution in [0, 0.1) is 6.07 Å². The Morgan fingerprint density at radius 1 is 0.700 bits per heavy atom. The molecule has 1 rings (SSSR count). The van der Waals surface area contributed by atoms with Crippen LogP contribution in [0.5, 0.6) is 0 Å². The average molecular weight is 313 g/mol. The second-order valence-electron chi connectivity index (χ2n) is 5.05. The predicted molar refractivity (Wildman–Crippen MR) is 86.2 cm³/mol. The maximum Gasteiger partial charge on any atom is 0 e. The zero-order valence-electron chi connectivity index (χ0n) is 13.2. The summed E-state index contributed by atoms with van der Waals surface area (Å²) in [5, 5.41) is 0. The fraction of sp³-hybridized carbons (Fsp3) is 0.667. The molecule has 0 saturated heterocycles. The third-order valence-corrected chi connectivity index (χ3v) is 3.16. The molecular weight excluding hydrogens is 281 g/mol. The molecule has 2 heteroatoms. The molecule has 0 saturated carbocycles. The number of unbranched alkanes of at least 4 members (excludes halogenated alkanes) is 9. The molecule has 0 spiro atoms. The molecule has 1 radical (unpaired) electrons. The Morgan fingerprint density at radius 3 is 1.45 bits per heavy atom. The summed E-state index contributed by atoms with van der Waals surface area (Å²) in [7, 11) is 0. The van der Waals surface area contributed by atoms with Crippen molar-refractivity contribution in [1.29, 1.82) is 0 Å². The number of rotatable bonds is 10. The number of hydrogen-bond acceptors (Lipinski definition) is 1. The van der Waals surface area contributed by atoms with Crippen LogP contribution in [0.4, 0.5) is 0 Å². The molecule has 20 heavy (non-hydrogen) atoms. The third kappa shape index (κ3) is 20.1. The first-order valence-electron chi connectivity index (χ1n) is 8.03. The van der Waals surface area contributed by atoms with Crippen LogP contribution in [0.25, 0.3) is 0 Å². The second-order valence-corrected chi connectivity index (χ2v) is 5.05. The molecule has 0 atom stereocenters. The van der Waals surface area contributed by atoms with E-state index >= 15 is 0 Å². The normalized spacial score (nSPS) is 9.30. The summed E-state index contributed by atoms with van der Waals surface area (Å²) in [5.74, 6) is 0. The minimum atomic E-state index is 0. The average Bonchev–Trinajstić information content (AvgIpc) is 2.48. The predicted octanol–water partition coefficient (Wildman–Crippen LogP) is 5.35. The van der Waals surface area contributed by atoms with E-state index in [2.05, 4.69) is 13.0 Å². The van der Waals surface area contributed by atoms with Gasteiger partial charge in [0.25, 0.3) is 0 Å². The van der Waals surface area contributed by atoms with Gasteiger partial charge in [-0.25, -0.2) is 0 Å². The number of nitrogens with two attached hydrogens (primary N) is 1. The second kappa shape index (κ2) is 21.1. The molecule has 2 N–H and O–H groups in total. The van der Waals surface area contributed by atoms with Crippen molar-refractivity contribution in [3.05, 3.63) is 36.4 Å². The summed E-state index contributed by atoms with van der Waals surface area (Å²) in [5.41, 5.74) is 5.42. The van der Waals surface area contributed by atoms with E-state index in [0.717, 1.165) is 6.54 Å². The maximum absolute atomic E-state index is 5.42. The van der Waals surface area contributed by atoms with E-state index in [9.17, 15) is 0 Å². The van der Waals surface area contributed by atoms with Crippen molar-refractivity contribution < 1.29 is 18.6 Å². The fourth-order valence-corrected chi connectivity index (χ4v) is 1.97. The molecule has 0 unspecified atom stereocenters. The molecule has 0 fully saturated rings. The van der Waals surface area contributed by atoms with Gasteiger partial charge in [-0.1, -0.05) is 64.7 Å². The first-order valence-corrected chi connectivity index (χ1v) is 8.03. The maximum atomic E-state index is 5.42. The van der Waals surface area contributed by atoms with Crippen LogP contribution in [0.3, 0.4) is 0 Å². The minimum Gasteiger partial charge on any atom is -0.330 e. The van der Waals surface area contributed by atoms with Gasteiger partial charge in [-0.2, -0.15) is 36.4 Å². The standard InChI is InChI=1S/C12H27N.C6H5.V/c1-2-3-4-5-6-7-8-9-10-11-12-13;1-2-4-6-5-3-1;/h2-13H2,1H3;1-5H;/q;-1;. The summed E-state index contributed by atoms with van der Waals surface area (Å²) in [6.07, 6.45) is 13.9. The summed E-state index contributed by atoms with van der Waals surface area (Å²) in [6, 6.07) is 12.5. The van der Waals surface area contributed by atoms with E-state index in [1.165, 1.54) is 64.2 Å². The van der Waals surface area contributed by atoms with Gasteiger partial charge >= 0.3 is 0 Å². The van der Waals surface area contributed by atoms with Crippen LogP contribution in [-0.2, 0) is 18.6 Å². The van der Waals surface area contributed by atoms with E-state index in [0.29, 0.717) is 0 Å².